The molecule has 0 fully saturated rings. The van der Waals surface area contributed by atoms with E-state index in [-0.39, 0.29) is 5.56 Å². The molecule has 2 aromatic rings. The topological polar surface area (TPSA) is 79.1 Å². The zero-order chi connectivity index (χ0) is 15.1. The molecule has 0 saturated heterocycles. The fourth-order valence-corrected chi connectivity index (χ4v) is 1.36. The van der Waals surface area contributed by atoms with Crippen LogP contribution in [-0.4, -0.2) is 22.1 Å². The van der Waals surface area contributed by atoms with Gasteiger partial charge in [-0.05, 0) is 11.6 Å². The molecule has 4 heteroatoms. The zero-order valence-corrected chi connectivity index (χ0v) is 7.69. The number of para-hydroxylation sites is 1. The van der Waals surface area contributed by atoms with Gasteiger partial charge in [0.05, 0.1) is 1.37 Å². The maximum Gasteiger partial charge on any atom is 0.320 e. The third-order valence-electron chi connectivity index (χ3n) is 2.04. The minimum Gasteiger partial charge on any atom is -0.480 e. The van der Waals surface area contributed by atoms with Gasteiger partial charge in [-0.15, -0.1) is 0 Å². The SMILES string of the molecule is [2H]N([2H])[C@@]([2H])(C(=O)O)C([2H])([2H])c1c[nH]c2ccccc12. The first kappa shape index (κ1) is 5.32. The van der Waals surface area contributed by atoms with E-state index in [4.69, 9.17) is 12.0 Å². The number of hydrogen-bond donors (Lipinski definition) is 3. The largest absolute Gasteiger partial charge is 0.480 e. The van der Waals surface area contributed by atoms with Crippen molar-refractivity contribution in [3.05, 3.63) is 36.0 Å². The first-order valence-electron chi connectivity index (χ1n) is 6.70. The summed E-state index contributed by atoms with van der Waals surface area (Å²) < 4.78 is 37.9. The number of H-pyrrole nitrogens is 1. The van der Waals surface area contributed by atoms with Gasteiger partial charge in [0.15, 0.2) is 0 Å². The number of rotatable bonds is 4. The molecule has 2 rings (SSSR count). The Morgan fingerprint density at radius 2 is 2.53 bits per heavy atom. The fraction of sp³-hybridized carbons (Fsp3) is 0.182. The van der Waals surface area contributed by atoms with Crippen molar-refractivity contribution in [3.63, 3.8) is 0 Å². The summed E-state index contributed by atoms with van der Waals surface area (Å²) in [5.74, 6) is -1.90. The number of carboxylic acid groups (broad SMARTS) is 1. The average Bonchev–Trinajstić information content (AvgIpc) is 2.81. The molecule has 1 heterocycles. The number of benzene rings is 1. The maximum atomic E-state index is 11.2. The second kappa shape index (κ2) is 3.74. The molecule has 0 bridgehead atoms. The van der Waals surface area contributed by atoms with E-state index in [2.05, 4.69) is 4.98 Å². The number of aliphatic carboxylic acids is 1. The van der Waals surface area contributed by atoms with Gasteiger partial charge in [0.2, 0.25) is 0 Å². The molecule has 0 aliphatic rings. The second-order valence-corrected chi connectivity index (χ2v) is 3.03. The molecule has 0 aliphatic heterocycles. The van der Waals surface area contributed by atoms with Gasteiger partial charge in [-0.25, -0.2) is 0 Å². The minimum atomic E-state index is -3.09. The Bertz CT molecular complexity index is 657. The van der Waals surface area contributed by atoms with Gasteiger partial charge in [-0.1, -0.05) is 18.2 Å². The number of fused-ring (bicyclic) bond motifs is 1. The molecular weight excluding hydrogens is 192 g/mol. The van der Waals surface area contributed by atoms with E-state index in [1.54, 1.807) is 24.3 Å². The van der Waals surface area contributed by atoms with Crippen LogP contribution in [0.5, 0.6) is 0 Å². The van der Waals surface area contributed by atoms with Crippen LogP contribution in [-0.2, 0) is 11.2 Å². The third-order valence-corrected chi connectivity index (χ3v) is 2.04. The fourth-order valence-electron chi connectivity index (χ4n) is 1.36. The number of aromatic nitrogens is 1. The Morgan fingerprint density at radius 3 is 3.27 bits per heavy atom. The lowest BCUT2D eigenvalue weighted by Gasteiger charge is -2.04. The Kier molecular flexibility index (Phi) is 1.33. The van der Waals surface area contributed by atoms with Crippen LogP contribution >= 0.6 is 0 Å². The molecule has 0 saturated carbocycles. The Labute approximate surface area is 93.9 Å². The number of nitrogens with one attached hydrogen (secondary N) is 1. The molecule has 0 unspecified atom stereocenters. The number of aromatic amines is 1. The van der Waals surface area contributed by atoms with Crippen molar-refractivity contribution in [3.8, 4) is 0 Å². The lowest BCUT2D eigenvalue weighted by Crippen LogP contribution is -2.32. The number of carboxylic acids is 1. The smallest absolute Gasteiger partial charge is 0.320 e. The summed E-state index contributed by atoms with van der Waals surface area (Å²) in [6.45, 7) is 0. The van der Waals surface area contributed by atoms with Crippen molar-refractivity contribution in [2.45, 2.75) is 12.4 Å². The summed E-state index contributed by atoms with van der Waals surface area (Å²) in [5, 5.41) is 9.50. The van der Waals surface area contributed by atoms with Crippen molar-refractivity contribution in [1.82, 2.24) is 4.98 Å². The predicted octanol–water partition coefficient (Wildman–Crippen LogP) is 1.12. The highest BCUT2D eigenvalue weighted by molar-refractivity contribution is 5.84. The molecule has 4 N–H and O–H groups in total. The third kappa shape index (κ3) is 1.85. The summed E-state index contributed by atoms with van der Waals surface area (Å²) >= 11 is 0. The second-order valence-electron chi connectivity index (χ2n) is 3.03. The molecule has 1 aromatic carbocycles. The standard InChI is InChI=1S/C11H12N2O2/c12-9(11(14)15)5-7-6-13-10-4-2-1-3-8(7)10/h1-4,6,9,13H,5,12H2,(H,14,15)/t9-/m1/s1/i5D2,9D/hD2. The number of hydrogen-bond acceptors (Lipinski definition) is 2. The molecule has 0 amide bonds. The van der Waals surface area contributed by atoms with E-state index < -0.39 is 24.1 Å². The van der Waals surface area contributed by atoms with E-state index in [1.165, 1.54) is 6.20 Å². The van der Waals surface area contributed by atoms with Crippen molar-refractivity contribution in [2.24, 2.45) is 5.72 Å². The molecular formula is C11H12N2O2. The van der Waals surface area contributed by atoms with E-state index in [0.29, 0.717) is 10.9 Å². The van der Waals surface area contributed by atoms with Gasteiger partial charge in [0.25, 0.3) is 0 Å². The van der Waals surface area contributed by atoms with Gasteiger partial charge in [-0.2, -0.15) is 0 Å². The van der Waals surface area contributed by atoms with Crippen molar-refractivity contribution in [2.75, 3.05) is 0 Å². The number of carbonyl (C=O) groups is 1. The normalized spacial score (nSPS) is 21.0. The van der Waals surface area contributed by atoms with E-state index in [1.807, 2.05) is 0 Å². The molecule has 4 nitrogen and oxygen atoms in total. The Morgan fingerprint density at radius 1 is 1.73 bits per heavy atom. The van der Waals surface area contributed by atoms with Gasteiger partial charge < -0.3 is 15.8 Å². The van der Waals surface area contributed by atoms with Gasteiger partial charge in [0.1, 0.15) is 8.84 Å². The summed E-state index contributed by atoms with van der Waals surface area (Å²) in [5.41, 5.74) is 0.0764. The quantitative estimate of drug-likeness (QED) is 0.706. The average molecular weight is 209 g/mol. The van der Waals surface area contributed by atoms with Crippen LogP contribution in [0.25, 0.3) is 10.9 Å². The molecule has 78 valence electrons. The van der Waals surface area contributed by atoms with E-state index in [0.717, 1.165) is 0 Å². The Hall–Kier alpha value is -1.81. The van der Waals surface area contributed by atoms with Crippen molar-refractivity contribution in [1.29, 1.82) is 0 Å². The van der Waals surface area contributed by atoms with E-state index in [9.17, 15) is 4.79 Å². The molecule has 15 heavy (non-hydrogen) atoms. The first-order chi connectivity index (χ1) is 9.23. The van der Waals surface area contributed by atoms with Crippen LogP contribution in [0.3, 0.4) is 0 Å². The van der Waals surface area contributed by atoms with Crippen molar-refractivity contribution < 1.29 is 16.8 Å². The molecule has 1 aromatic heterocycles. The van der Waals surface area contributed by atoms with Crippen LogP contribution < -0.4 is 5.72 Å². The van der Waals surface area contributed by atoms with Gasteiger partial charge in [0, 0.05) is 26.2 Å². The summed E-state index contributed by atoms with van der Waals surface area (Å²) in [7, 11) is 0. The summed E-state index contributed by atoms with van der Waals surface area (Å²) in [6.07, 6.45) is -1.50. The monoisotopic (exact) mass is 209 g/mol. The highest BCUT2D eigenvalue weighted by atomic mass is 16.4. The number of nitrogens with two attached hydrogens (primary N) is 1. The minimum absolute atomic E-state index is 0.0741. The van der Waals surface area contributed by atoms with Crippen LogP contribution in [0.1, 0.15) is 9.68 Å². The zero-order valence-electron chi connectivity index (χ0n) is 12.7. The molecule has 0 radical (unpaired) electrons. The van der Waals surface area contributed by atoms with E-state index >= 15 is 0 Å². The summed E-state index contributed by atoms with van der Waals surface area (Å²) in [4.78, 5) is 14.0. The highest BCUT2D eigenvalue weighted by Crippen LogP contribution is 2.18. The predicted molar refractivity (Wildman–Crippen MR) is 57.6 cm³/mol. The Balaban J connectivity index is 2.67. The van der Waals surface area contributed by atoms with Crippen LogP contribution in [0.2, 0.25) is 2.82 Å². The highest BCUT2D eigenvalue weighted by Gasteiger charge is 2.14. The van der Waals surface area contributed by atoms with Gasteiger partial charge in [-0.3, -0.25) is 4.79 Å². The molecule has 0 aliphatic carbocycles. The molecule has 1 atom stereocenters. The lowest BCUT2D eigenvalue weighted by atomic mass is 10.1. The van der Waals surface area contributed by atoms with Crippen LogP contribution in [0.4, 0.5) is 0 Å². The van der Waals surface area contributed by atoms with Crippen LogP contribution in [0.15, 0.2) is 30.5 Å². The lowest BCUT2D eigenvalue weighted by molar-refractivity contribution is -0.138. The summed E-state index contributed by atoms with van der Waals surface area (Å²) in [6, 6.07) is 3.56. The van der Waals surface area contributed by atoms with Gasteiger partial charge >= 0.3 is 5.97 Å². The van der Waals surface area contributed by atoms with Crippen LogP contribution in [0, 0.1) is 0 Å². The van der Waals surface area contributed by atoms with Crippen molar-refractivity contribution >= 4 is 16.9 Å². The molecule has 0 spiro atoms. The maximum absolute atomic E-state index is 11.2. The first-order valence-corrected chi connectivity index (χ1v) is 4.31.